The van der Waals surface area contributed by atoms with E-state index >= 15 is 0 Å². The fraction of sp³-hybridized carbons (Fsp3) is 0.316. The molecule has 3 rings (SSSR count). The second-order valence-electron chi connectivity index (χ2n) is 5.96. The van der Waals surface area contributed by atoms with E-state index in [1.54, 1.807) is 19.2 Å². The minimum Gasteiger partial charge on any atom is -0.497 e. The molecule has 2 aromatic carbocycles. The number of ether oxygens (including phenoxy) is 2. The van der Waals surface area contributed by atoms with Crippen LogP contribution in [0.3, 0.4) is 0 Å². The molecule has 0 bridgehead atoms. The highest BCUT2D eigenvalue weighted by atomic mass is 16.6. The summed E-state index contributed by atoms with van der Waals surface area (Å²) in [7, 11) is 1.60. The summed E-state index contributed by atoms with van der Waals surface area (Å²) in [5.41, 5.74) is 2.16. The van der Waals surface area contributed by atoms with Crippen molar-refractivity contribution in [2.24, 2.45) is 5.16 Å². The maximum absolute atomic E-state index is 11.5. The molecule has 0 aromatic heterocycles. The number of rotatable bonds is 7. The van der Waals surface area contributed by atoms with Crippen molar-refractivity contribution in [1.82, 2.24) is 0 Å². The van der Waals surface area contributed by atoms with Crippen LogP contribution in [0.25, 0.3) is 0 Å². The van der Waals surface area contributed by atoms with Crippen LogP contribution in [-0.4, -0.2) is 44.6 Å². The van der Waals surface area contributed by atoms with Crippen molar-refractivity contribution in [2.75, 3.05) is 38.3 Å². The Hall–Kier alpha value is -3.13. The molecule has 1 saturated heterocycles. The molecule has 142 valence electrons. The van der Waals surface area contributed by atoms with Crippen molar-refractivity contribution in [1.29, 1.82) is 0 Å². The van der Waals surface area contributed by atoms with Gasteiger partial charge in [0, 0.05) is 24.7 Å². The zero-order valence-corrected chi connectivity index (χ0v) is 15.0. The predicted molar refractivity (Wildman–Crippen MR) is 102 cm³/mol. The highest BCUT2D eigenvalue weighted by molar-refractivity contribution is 5.82. The SMILES string of the molecule is COc1cccc(CO/N=C\c2ccc(N3CCOCC3)c([N+](=O)[O-])c2)c1. The van der Waals surface area contributed by atoms with E-state index in [1.807, 2.05) is 29.2 Å². The van der Waals surface area contributed by atoms with Gasteiger partial charge >= 0.3 is 0 Å². The number of oxime groups is 1. The largest absolute Gasteiger partial charge is 0.497 e. The molecule has 0 unspecified atom stereocenters. The third-order valence-electron chi connectivity index (χ3n) is 4.19. The number of methoxy groups -OCH3 is 1. The van der Waals surface area contributed by atoms with Gasteiger partial charge in [0.15, 0.2) is 0 Å². The maximum Gasteiger partial charge on any atom is 0.293 e. The van der Waals surface area contributed by atoms with Crippen molar-refractivity contribution in [2.45, 2.75) is 6.61 Å². The van der Waals surface area contributed by atoms with Crippen LogP contribution in [0.2, 0.25) is 0 Å². The van der Waals surface area contributed by atoms with E-state index < -0.39 is 0 Å². The van der Waals surface area contributed by atoms with Gasteiger partial charge in [0.25, 0.3) is 5.69 Å². The first-order valence-electron chi connectivity index (χ1n) is 8.57. The van der Waals surface area contributed by atoms with E-state index in [-0.39, 0.29) is 17.2 Å². The minimum absolute atomic E-state index is 0.0497. The molecular weight excluding hydrogens is 350 g/mol. The normalized spacial score (nSPS) is 14.3. The molecule has 0 radical (unpaired) electrons. The molecular formula is C19H21N3O5. The lowest BCUT2D eigenvalue weighted by Crippen LogP contribution is -2.36. The van der Waals surface area contributed by atoms with Gasteiger partial charge in [-0.3, -0.25) is 10.1 Å². The fourth-order valence-electron chi connectivity index (χ4n) is 2.81. The average molecular weight is 371 g/mol. The van der Waals surface area contributed by atoms with E-state index in [1.165, 1.54) is 12.3 Å². The Morgan fingerprint density at radius 3 is 2.81 bits per heavy atom. The topological polar surface area (TPSA) is 86.4 Å². The van der Waals surface area contributed by atoms with Crippen LogP contribution in [0, 0.1) is 10.1 Å². The van der Waals surface area contributed by atoms with Crippen molar-refractivity contribution in [3.8, 4) is 5.75 Å². The van der Waals surface area contributed by atoms with Crippen LogP contribution in [0.1, 0.15) is 11.1 Å². The van der Waals surface area contributed by atoms with Crippen molar-refractivity contribution in [3.63, 3.8) is 0 Å². The van der Waals surface area contributed by atoms with Gasteiger partial charge in [0.1, 0.15) is 18.0 Å². The number of nitrogens with zero attached hydrogens (tertiary/aromatic N) is 3. The van der Waals surface area contributed by atoms with E-state index in [2.05, 4.69) is 5.16 Å². The Morgan fingerprint density at radius 1 is 1.26 bits per heavy atom. The predicted octanol–water partition coefficient (Wildman–Crippen LogP) is 2.99. The first-order valence-corrected chi connectivity index (χ1v) is 8.57. The molecule has 0 N–H and O–H groups in total. The number of morpholine rings is 1. The average Bonchev–Trinajstić information content (AvgIpc) is 2.72. The Balaban J connectivity index is 1.66. The summed E-state index contributed by atoms with van der Waals surface area (Å²) in [5.74, 6) is 0.745. The van der Waals surface area contributed by atoms with Crippen molar-refractivity contribution in [3.05, 3.63) is 63.7 Å². The second kappa shape index (κ2) is 9.00. The first kappa shape index (κ1) is 18.7. The molecule has 1 heterocycles. The Bertz CT molecular complexity index is 819. The Morgan fingerprint density at radius 2 is 2.07 bits per heavy atom. The van der Waals surface area contributed by atoms with Gasteiger partial charge in [-0.1, -0.05) is 23.4 Å². The van der Waals surface area contributed by atoms with Gasteiger partial charge in [-0.15, -0.1) is 0 Å². The smallest absolute Gasteiger partial charge is 0.293 e. The zero-order chi connectivity index (χ0) is 19.1. The van der Waals surface area contributed by atoms with Gasteiger partial charge in [-0.2, -0.15) is 0 Å². The molecule has 8 heteroatoms. The summed E-state index contributed by atoms with van der Waals surface area (Å²) >= 11 is 0. The number of nitro benzene ring substituents is 1. The lowest BCUT2D eigenvalue weighted by molar-refractivity contribution is -0.384. The van der Waals surface area contributed by atoms with Gasteiger partial charge in [0.2, 0.25) is 0 Å². The lowest BCUT2D eigenvalue weighted by atomic mass is 10.1. The molecule has 27 heavy (non-hydrogen) atoms. The standard InChI is InChI=1S/C19H21N3O5/c1-25-17-4-2-3-16(11-17)14-27-20-13-15-5-6-18(19(12-15)22(23)24)21-7-9-26-10-8-21/h2-6,11-13H,7-10,14H2,1H3/b20-13-. The summed E-state index contributed by atoms with van der Waals surface area (Å²) in [4.78, 5) is 18.3. The van der Waals surface area contributed by atoms with Crippen LogP contribution in [0.5, 0.6) is 5.75 Å². The highest BCUT2D eigenvalue weighted by Crippen LogP contribution is 2.29. The third-order valence-corrected chi connectivity index (χ3v) is 4.19. The minimum atomic E-state index is -0.376. The Labute approximate surface area is 157 Å². The molecule has 1 aliphatic heterocycles. The van der Waals surface area contributed by atoms with E-state index in [4.69, 9.17) is 14.3 Å². The van der Waals surface area contributed by atoms with Gasteiger partial charge in [0.05, 0.1) is 31.5 Å². The highest BCUT2D eigenvalue weighted by Gasteiger charge is 2.21. The van der Waals surface area contributed by atoms with Gasteiger partial charge in [-0.25, -0.2) is 0 Å². The van der Waals surface area contributed by atoms with Crippen molar-refractivity contribution < 1.29 is 19.2 Å². The van der Waals surface area contributed by atoms with Crippen LogP contribution >= 0.6 is 0 Å². The molecule has 1 fully saturated rings. The summed E-state index contributed by atoms with van der Waals surface area (Å²) in [6, 6.07) is 12.5. The van der Waals surface area contributed by atoms with Gasteiger partial charge < -0.3 is 19.2 Å². The number of anilines is 1. The van der Waals surface area contributed by atoms with Crippen LogP contribution in [0.15, 0.2) is 47.6 Å². The van der Waals surface area contributed by atoms with Crippen molar-refractivity contribution >= 4 is 17.6 Å². The number of benzene rings is 2. The van der Waals surface area contributed by atoms with E-state index in [9.17, 15) is 10.1 Å². The Kier molecular flexibility index (Phi) is 6.22. The van der Waals surface area contributed by atoms with Gasteiger partial charge in [-0.05, 0) is 23.8 Å². The zero-order valence-electron chi connectivity index (χ0n) is 15.0. The van der Waals surface area contributed by atoms with E-state index in [0.717, 1.165) is 11.3 Å². The number of hydrogen-bond acceptors (Lipinski definition) is 7. The van der Waals surface area contributed by atoms with Crippen LogP contribution in [-0.2, 0) is 16.2 Å². The molecule has 8 nitrogen and oxygen atoms in total. The monoisotopic (exact) mass is 371 g/mol. The maximum atomic E-state index is 11.5. The fourth-order valence-corrected chi connectivity index (χ4v) is 2.81. The first-order chi connectivity index (χ1) is 13.2. The number of nitro groups is 1. The number of hydrogen-bond donors (Lipinski definition) is 0. The van der Waals surface area contributed by atoms with Crippen LogP contribution in [0.4, 0.5) is 11.4 Å². The third kappa shape index (κ3) is 4.95. The molecule has 0 aliphatic carbocycles. The van der Waals surface area contributed by atoms with E-state index in [0.29, 0.717) is 37.6 Å². The molecule has 2 aromatic rings. The van der Waals surface area contributed by atoms with Crippen LogP contribution < -0.4 is 9.64 Å². The summed E-state index contributed by atoms with van der Waals surface area (Å²) in [6.45, 7) is 2.69. The molecule has 1 aliphatic rings. The second-order valence-corrected chi connectivity index (χ2v) is 5.96. The lowest BCUT2D eigenvalue weighted by Gasteiger charge is -2.28. The summed E-state index contributed by atoms with van der Waals surface area (Å²) in [6.07, 6.45) is 1.47. The summed E-state index contributed by atoms with van der Waals surface area (Å²) in [5, 5.41) is 15.4. The quantitative estimate of drug-likeness (QED) is 0.422. The molecule has 0 saturated carbocycles. The summed E-state index contributed by atoms with van der Waals surface area (Å²) < 4.78 is 10.5. The molecule has 0 spiro atoms. The molecule has 0 atom stereocenters. The molecule has 0 amide bonds.